The Balaban J connectivity index is 2.13. The van der Waals surface area contributed by atoms with Gasteiger partial charge in [0.15, 0.2) is 17.3 Å². The first-order valence-corrected chi connectivity index (χ1v) is 7.23. The van der Waals surface area contributed by atoms with Crippen molar-refractivity contribution in [3.8, 4) is 11.5 Å². The van der Waals surface area contributed by atoms with Crippen LogP contribution < -0.4 is 4.74 Å². The van der Waals surface area contributed by atoms with Crippen LogP contribution in [-0.4, -0.2) is 27.3 Å². The molecule has 0 saturated carbocycles. The van der Waals surface area contributed by atoms with Gasteiger partial charge >= 0.3 is 0 Å². The quantitative estimate of drug-likeness (QED) is 0.655. The second-order valence-electron chi connectivity index (χ2n) is 5.16. The zero-order valence-corrected chi connectivity index (χ0v) is 13.0. The maximum atomic E-state index is 12.1. The van der Waals surface area contributed by atoms with Gasteiger partial charge in [0.2, 0.25) is 0 Å². The molecule has 0 amide bonds. The van der Waals surface area contributed by atoms with Gasteiger partial charge in [-0.25, -0.2) is 0 Å². The maximum Gasteiger partial charge on any atom is 0.189 e. The van der Waals surface area contributed by atoms with E-state index in [2.05, 4.69) is 5.10 Å². The second kappa shape index (κ2) is 6.93. The van der Waals surface area contributed by atoms with Crippen LogP contribution in [0.5, 0.6) is 11.5 Å². The summed E-state index contributed by atoms with van der Waals surface area (Å²) >= 11 is 0. The van der Waals surface area contributed by atoms with E-state index in [-0.39, 0.29) is 17.6 Å². The highest BCUT2D eigenvalue weighted by Gasteiger charge is 2.07. The van der Waals surface area contributed by atoms with Crippen LogP contribution in [0, 0.1) is 0 Å². The Labute approximate surface area is 129 Å². The molecular weight excluding hydrogens is 280 g/mol. The molecule has 5 heteroatoms. The summed E-state index contributed by atoms with van der Waals surface area (Å²) in [6, 6.07) is 5.18. The molecule has 0 atom stereocenters. The number of rotatable bonds is 6. The normalized spacial score (nSPS) is 11.3. The van der Waals surface area contributed by atoms with Gasteiger partial charge < -0.3 is 9.84 Å². The van der Waals surface area contributed by atoms with E-state index in [0.717, 1.165) is 5.56 Å². The number of phenols is 1. The van der Waals surface area contributed by atoms with Crippen molar-refractivity contribution in [3.05, 3.63) is 47.8 Å². The van der Waals surface area contributed by atoms with E-state index in [1.54, 1.807) is 41.4 Å². The molecule has 1 aromatic heterocycles. The average molecular weight is 300 g/mol. The summed E-state index contributed by atoms with van der Waals surface area (Å²) in [5, 5.41) is 13.8. The lowest BCUT2D eigenvalue weighted by atomic mass is 10.1. The van der Waals surface area contributed by atoms with Crippen LogP contribution in [0.1, 0.15) is 42.7 Å². The number of aromatic hydroxyl groups is 1. The molecule has 5 nitrogen and oxygen atoms in total. The Hall–Kier alpha value is -2.56. The van der Waals surface area contributed by atoms with Crippen molar-refractivity contribution in [1.82, 2.24) is 9.78 Å². The van der Waals surface area contributed by atoms with Crippen molar-refractivity contribution in [2.24, 2.45) is 0 Å². The van der Waals surface area contributed by atoms with Gasteiger partial charge in [-0.15, -0.1) is 0 Å². The molecule has 0 bridgehead atoms. The number of carbonyl (C=O) groups is 1. The third-order valence-electron chi connectivity index (χ3n) is 3.13. The fourth-order valence-electron chi connectivity index (χ4n) is 1.92. The van der Waals surface area contributed by atoms with Crippen molar-refractivity contribution >= 4 is 11.9 Å². The third kappa shape index (κ3) is 3.75. The van der Waals surface area contributed by atoms with Gasteiger partial charge in [0.1, 0.15) is 0 Å². The molecule has 0 fully saturated rings. The Kier molecular flexibility index (Phi) is 4.99. The number of ether oxygens (including phenoxy) is 1. The molecule has 116 valence electrons. The summed E-state index contributed by atoms with van der Waals surface area (Å²) in [6.45, 7) is 6.32. The number of benzene rings is 1. The number of aromatic nitrogens is 2. The lowest BCUT2D eigenvalue weighted by molar-refractivity contribution is 0.104. The van der Waals surface area contributed by atoms with E-state index < -0.39 is 0 Å². The molecule has 0 unspecified atom stereocenters. The molecule has 22 heavy (non-hydrogen) atoms. The van der Waals surface area contributed by atoms with E-state index in [9.17, 15) is 9.90 Å². The van der Waals surface area contributed by atoms with E-state index in [0.29, 0.717) is 17.9 Å². The molecule has 1 aromatic carbocycles. The molecule has 0 radical (unpaired) electrons. The predicted molar refractivity (Wildman–Crippen MR) is 85.3 cm³/mol. The van der Waals surface area contributed by atoms with E-state index in [1.807, 2.05) is 20.8 Å². The van der Waals surface area contributed by atoms with Gasteiger partial charge in [0.05, 0.1) is 18.4 Å². The third-order valence-corrected chi connectivity index (χ3v) is 3.13. The van der Waals surface area contributed by atoms with E-state index >= 15 is 0 Å². The van der Waals surface area contributed by atoms with Gasteiger partial charge in [-0.3, -0.25) is 9.48 Å². The monoisotopic (exact) mass is 300 g/mol. The Morgan fingerprint density at radius 2 is 2.23 bits per heavy atom. The minimum Gasteiger partial charge on any atom is -0.504 e. The molecule has 0 aliphatic heterocycles. The number of phenolic OH excluding ortho intramolecular Hbond substituents is 1. The highest BCUT2D eigenvalue weighted by molar-refractivity contribution is 6.06. The summed E-state index contributed by atoms with van der Waals surface area (Å²) in [7, 11) is 0. The Morgan fingerprint density at radius 3 is 2.86 bits per heavy atom. The number of allylic oxidation sites excluding steroid dienone is 1. The molecule has 0 aliphatic rings. The first-order valence-electron chi connectivity index (χ1n) is 7.23. The van der Waals surface area contributed by atoms with Crippen LogP contribution in [0.3, 0.4) is 0 Å². The van der Waals surface area contributed by atoms with Crippen LogP contribution >= 0.6 is 0 Å². The molecule has 0 saturated heterocycles. The minimum atomic E-state index is -0.113. The largest absolute Gasteiger partial charge is 0.504 e. The Morgan fingerprint density at radius 1 is 1.45 bits per heavy atom. The molecule has 2 aromatic rings. The number of ketones is 1. The van der Waals surface area contributed by atoms with Crippen LogP contribution in [0.4, 0.5) is 0 Å². The fourth-order valence-corrected chi connectivity index (χ4v) is 1.92. The smallest absolute Gasteiger partial charge is 0.189 e. The number of nitrogens with zero attached hydrogens (tertiary/aromatic N) is 2. The number of carbonyl (C=O) groups excluding carboxylic acids is 1. The van der Waals surface area contributed by atoms with Gasteiger partial charge in [-0.05, 0) is 44.5 Å². The predicted octanol–water partition coefficient (Wildman–Crippen LogP) is 3.46. The van der Waals surface area contributed by atoms with Crippen molar-refractivity contribution in [3.63, 3.8) is 0 Å². The van der Waals surface area contributed by atoms with Crippen LogP contribution in [0.25, 0.3) is 6.08 Å². The Bertz CT molecular complexity index is 687. The summed E-state index contributed by atoms with van der Waals surface area (Å²) in [4.78, 5) is 12.1. The fraction of sp³-hybridized carbons (Fsp3) is 0.294. The highest BCUT2D eigenvalue weighted by Crippen LogP contribution is 2.27. The molecule has 0 spiro atoms. The highest BCUT2D eigenvalue weighted by atomic mass is 16.5. The van der Waals surface area contributed by atoms with Gasteiger partial charge in [-0.2, -0.15) is 5.10 Å². The van der Waals surface area contributed by atoms with Crippen LogP contribution in [0.2, 0.25) is 0 Å². The molecular formula is C17H20N2O3. The van der Waals surface area contributed by atoms with Crippen molar-refractivity contribution in [1.29, 1.82) is 0 Å². The summed E-state index contributed by atoms with van der Waals surface area (Å²) in [5.41, 5.74) is 1.33. The van der Waals surface area contributed by atoms with Gasteiger partial charge in [0, 0.05) is 12.2 Å². The van der Waals surface area contributed by atoms with Crippen molar-refractivity contribution < 1.29 is 14.6 Å². The molecule has 1 N–H and O–H groups in total. The van der Waals surface area contributed by atoms with Crippen LogP contribution in [-0.2, 0) is 0 Å². The first kappa shape index (κ1) is 15.8. The zero-order valence-electron chi connectivity index (χ0n) is 13.0. The first-order chi connectivity index (χ1) is 10.5. The van der Waals surface area contributed by atoms with E-state index in [1.165, 1.54) is 6.08 Å². The molecule has 2 rings (SSSR count). The topological polar surface area (TPSA) is 64.3 Å². The SMILES string of the molecule is CCOc1cc(/C=C/C(=O)c2cnn(C(C)C)c2)ccc1O. The van der Waals surface area contributed by atoms with Crippen molar-refractivity contribution in [2.45, 2.75) is 26.8 Å². The summed E-state index contributed by atoms with van der Waals surface area (Å²) in [6.07, 6.45) is 6.48. The lowest BCUT2D eigenvalue weighted by Crippen LogP contribution is -2.00. The number of hydrogen-bond donors (Lipinski definition) is 1. The molecule has 1 heterocycles. The van der Waals surface area contributed by atoms with E-state index in [4.69, 9.17) is 4.74 Å². The summed E-state index contributed by atoms with van der Waals surface area (Å²) < 4.78 is 7.06. The minimum absolute atomic E-state index is 0.0866. The zero-order chi connectivity index (χ0) is 16.1. The average Bonchev–Trinajstić information content (AvgIpc) is 2.98. The van der Waals surface area contributed by atoms with Crippen molar-refractivity contribution in [2.75, 3.05) is 6.61 Å². The van der Waals surface area contributed by atoms with Gasteiger partial charge in [-0.1, -0.05) is 12.1 Å². The second-order valence-corrected chi connectivity index (χ2v) is 5.16. The lowest BCUT2D eigenvalue weighted by Gasteiger charge is -2.06. The van der Waals surface area contributed by atoms with Gasteiger partial charge in [0.25, 0.3) is 0 Å². The van der Waals surface area contributed by atoms with Crippen LogP contribution in [0.15, 0.2) is 36.7 Å². The maximum absolute atomic E-state index is 12.1. The standard InChI is InChI=1S/C17H20N2O3/c1-4-22-17-9-13(6-8-16(17)21)5-7-15(20)14-10-18-19(11-14)12(2)3/h5-12,21H,4H2,1-3H3/b7-5+. The summed E-state index contributed by atoms with van der Waals surface area (Å²) in [5.74, 6) is 0.381. The number of hydrogen-bond acceptors (Lipinski definition) is 4. The molecule has 0 aliphatic carbocycles.